The van der Waals surface area contributed by atoms with Crippen LogP contribution < -0.4 is 0 Å². The van der Waals surface area contributed by atoms with Gasteiger partial charge in [0.1, 0.15) is 6.10 Å². The van der Waals surface area contributed by atoms with Crippen LogP contribution in [0.1, 0.15) is 68.9 Å². The zero-order chi connectivity index (χ0) is 18.1. The van der Waals surface area contributed by atoms with E-state index in [1.807, 2.05) is 24.3 Å². The second-order valence-electron chi connectivity index (χ2n) is 8.46. The molecular formula is C24H28O. The zero-order valence-electron chi connectivity index (χ0n) is 15.8. The Balaban J connectivity index is 1.84. The standard InChI is InChI=1S/C24H28O/c1-23(2)15-16-24(3,4)21-17-19(13-14-20(21)23)22(25)12-8-11-18-9-6-5-7-10-18/h5-7,9-10,13-14,17,22,25H,11,15-16H2,1-4H3. The highest BCUT2D eigenvalue weighted by molar-refractivity contribution is 5.45. The lowest BCUT2D eigenvalue weighted by molar-refractivity contribution is 0.237. The van der Waals surface area contributed by atoms with Gasteiger partial charge in [0.2, 0.25) is 0 Å². The lowest BCUT2D eigenvalue weighted by Crippen LogP contribution is -2.34. The van der Waals surface area contributed by atoms with Gasteiger partial charge < -0.3 is 5.11 Å². The van der Waals surface area contributed by atoms with E-state index >= 15 is 0 Å². The highest BCUT2D eigenvalue weighted by Crippen LogP contribution is 2.46. The zero-order valence-corrected chi connectivity index (χ0v) is 15.8. The third-order valence-electron chi connectivity index (χ3n) is 5.57. The van der Waals surface area contributed by atoms with Crippen molar-refractivity contribution in [3.05, 3.63) is 70.8 Å². The second kappa shape index (κ2) is 6.70. The summed E-state index contributed by atoms with van der Waals surface area (Å²) >= 11 is 0. The number of hydrogen-bond acceptors (Lipinski definition) is 1. The first-order valence-corrected chi connectivity index (χ1v) is 9.15. The Labute approximate surface area is 152 Å². The normalized spacial score (nSPS) is 18.6. The van der Waals surface area contributed by atoms with E-state index in [0.29, 0.717) is 6.42 Å². The largest absolute Gasteiger partial charge is 0.376 e. The van der Waals surface area contributed by atoms with Crippen LogP contribution in [0.4, 0.5) is 0 Å². The van der Waals surface area contributed by atoms with Gasteiger partial charge in [0.05, 0.1) is 0 Å². The molecule has 1 N–H and O–H groups in total. The Kier molecular flexibility index (Phi) is 4.76. The van der Waals surface area contributed by atoms with Gasteiger partial charge in [-0.25, -0.2) is 0 Å². The summed E-state index contributed by atoms with van der Waals surface area (Å²) in [6, 6.07) is 16.6. The minimum Gasteiger partial charge on any atom is -0.376 e. The smallest absolute Gasteiger partial charge is 0.140 e. The molecule has 130 valence electrons. The Morgan fingerprint density at radius 1 is 0.920 bits per heavy atom. The van der Waals surface area contributed by atoms with Crippen molar-refractivity contribution in [2.24, 2.45) is 0 Å². The first kappa shape index (κ1) is 17.8. The lowest BCUT2D eigenvalue weighted by Gasteiger charge is -2.42. The molecule has 1 atom stereocenters. The van der Waals surface area contributed by atoms with Crippen LogP contribution in [0.5, 0.6) is 0 Å². The van der Waals surface area contributed by atoms with Crippen LogP contribution in [-0.4, -0.2) is 5.11 Å². The Morgan fingerprint density at radius 2 is 1.56 bits per heavy atom. The first-order chi connectivity index (χ1) is 11.8. The van der Waals surface area contributed by atoms with Crippen LogP contribution in [0.15, 0.2) is 48.5 Å². The van der Waals surface area contributed by atoms with Crippen LogP contribution in [0.3, 0.4) is 0 Å². The maximum Gasteiger partial charge on any atom is 0.140 e. The van der Waals surface area contributed by atoms with Gasteiger partial charge in [0.25, 0.3) is 0 Å². The molecule has 0 saturated heterocycles. The minimum absolute atomic E-state index is 0.151. The molecule has 0 radical (unpaired) electrons. The number of rotatable bonds is 2. The van der Waals surface area contributed by atoms with Crippen molar-refractivity contribution < 1.29 is 5.11 Å². The molecule has 1 heteroatoms. The molecule has 0 bridgehead atoms. The van der Waals surface area contributed by atoms with Crippen LogP contribution in [0.2, 0.25) is 0 Å². The summed E-state index contributed by atoms with van der Waals surface area (Å²) in [5.74, 6) is 6.12. The Hall–Kier alpha value is -2.04. The van der Waals surface area contributed by atoms with Gasteiger partial charge in [-0.05, 0) is 45.9 Å². The van der Waals surface area contributed by atoms with Gasteiger partial charge in [0, 0.05) is 6.42 Å². The molecule has 0 aromatic heterocycles. The summed E-state index contributed by atoms with van der Waals surface area (Å²) in [6.45, 7) is 9.24. The van der Waals surface area contributed by atoms with Crippen molar-refractivity contribution in [1.82, 2.24) is 0 Å². The first-order valence-electron chi connectivity index (χ1n) is 9.15. The fourth-order valence-electron chi connectivity index (χ4n) is 3.71. The Bertz CT molecular complexity index is 803. The molecule has 3 rings (SSSR count). The van der Waals surface area contributed by atoms with Crippen LogP contribution in [0, 0.1) is 11.8 Å². The van der Waals surface area contributed by atoms with E-state index in [0.717, 1.165) is 5.56 Å². The number of aliphatic hydroxyl groups excluding tert-OH is 1. The quantitative estimate of drug-likeness (QED) is 0.738. The number of benzene rings is 2. The van der Waals surface area contributed by atoms with Crippen molar-refractivity contribution >= 4 is 0 Å². The highest BCUT2D eigenvalue weighted by atomic mass is 16.3. The second-order valence-corrected chi connectivity index (χ2v) is 8.46. The van der Waals surface area contributed by atoms with E-state index in [1.54, 1.807) is 0 Å². The molecule has 0 heterocycles. The maximum absolute atomic E-state index is 10.5. The van der Waals surface area contributed by atoms with Gasteiger partial charge >= 0.3 is 0 Å². The van der Waals surface area contributed by atoms with E-state index in [-0.39, 0.29) is 10.8 Å². The van der Waals surface area contributed by atoms with Crippen LogP contribution in [-0.2, 0) is 17.3 Å². The fourth-order valence-corrected chi connectivity index (χ4v) is 3.71. The van der Waals surface area contributed by atoms with E-state index in [1.165, 1.54) is 29.5 Å². The summed E-state index contributed by atoms with van der Waals surface area (Å²) in [7, 11) is 0. The molecule has 1 aliphatic rings. The molecule has 1 aliphatic carbocycles. The lowest BCUT2D eigenvalue weighted by atomic mass is 9.63. The van der Waals surface area contributed by atoms with Crippen LogP contribution in [0.25, 0.3) is 0 Å². The molecule has 1 nitrogen and oxygen atoms in total. The maximum atomic E-state index is 10.5. The molecule has 0 saturated carbocycles. The summed E-state index contributed by atoms with van der Waals surface area (Å²) in [5, 5.41) is 10.5. The molecular weight excluding hydrogens is 304 g/mol. The number of hydrogen-bond donors (Lipinski definition) is 1. The molecule has 0 amide bonds. The van der Waals surface area contributed by atoms with E-state index in [2.05, 4.69) is 63.8 Å². The summed E-state index contributed by atoms with van der Waals surface area (Å²) in [6.07, 6.45) is 2.31. The minimum atomic E-state index is -0.727. The molecule has 0 fully saturated rings. The average molecular weight is 332 g/mol. The molecule has 2 aromatic rings. The number of aliphatic hydroxyl groups is 1. The van der Waals surface area contributed by atoms with E-state index in [4.69, 9.17) is 0 Å². The third-order valence-corrected chi connectivity index (χ3v) is 5.57. The van der Waals surface area contributed by atoms with Gasteiger partial charge in [0.15, 0.2) is 0 Å². The highest BCUT2D eigenvalue weighted by Gasteiger charge is 2.37. The third kappa shape index (κ3) is 3.80. The molecule has 2 aromatic carbocycles. The van der Waals surface area contributed by atoms with Gasteiger partial charge in [-0.2, -0.15) is 0 Å². The monoisotopic (exact) mass is 332 g/mol. The molecule has 25 heavy (non-hydrogen) atoms. The van der Waals surface area contributed by atoms with Gasteiger partial charge in [-0.3, -0.25) is 0 Å². The van der Waals surface area contributed by atoms with Crippen molar-refractivity contribution in [2.75, 3.05) is 0 Å². The topological polar surface area (TPSA) is 20.2 Å². The van der Waals surface area contributed by atoms with E-state index < -0.39 is 6.10 Å². The number of fused-ring (bicyclic) bond motifs is 1. The summed E-state index contributed by atoms with van der Waals surface area (Å²) in [5.41, 5.74) is 5.22. The fraction of sp³-hybridized carbons (Fsp3) is 0.417. The van der Waals surface area contributed by atoms with Gasteiger partial charge in [-0.1, -0.05) is 88.1 Å². The molecule has 1 unspecified atom stereocenters. The summed E-state index contributed by atoms with van der Waals surface area (Å²) in [4.78, 5) is 0. The SMILES string of the molecule is CC1(C)CCC(C)(C)c2cc(C(O)C#CCc3ccccc3)ccc21. The predicted octanol–water partition coefficient (Wildman–Crippen LogP) is 5.32. The average Bonchev–Trinajstić information content (AvgIpc) is 2.60. The van der Waals surface area contributed by atoms with Crippen molar-refractivity contribution in [3.8, 4) is 11.8 Å². The summed E-state index contributed by atoms with van der Waals surface area (Å²) < 4.78 is 0. The predicted molar refractivity (Wildman–Crippen MR) is 105 cm³/mol. The van der Waals surface area contributed by atoms with Gasteiger partial charge in [-0.15, -0.1) is 0 Å². The van der Waals surface area contributed by atoms with Crippen molar-refractivity contribution in [1.29, 1.82) is 0 Å². The van der Waals surface area contributed by atoms with Crippen molar-refractivity contribution in [2.45, 2.75) is 63.9 Å². The molecule has 0 spiro atoms. The molecule has 0 aliphatic heterocycles. The Morgan fingerprint density at radius 3 is 2.24 bits per heavy atom. The van der Waals surface area contributed by atoms with Crippen molar-refractivity contribution in [3.63, 3.8) is 0 Å². The van der Waals surface area contributed by atoms with Crippen LogP contribution >= 0.6 is 0 Å². The van der Waals surface area contributed by atoms with E-state index in [9.17, 15) is 5.11 Å².